The fraction of sp³-hybridized carbons (Fsp3) is 0.583. The van der Waals surface area contributed by atoms with E-state index in [0.29, 0.717) is 11.7 Å². The first kappa shape index (κ1) is 11.3. The van der Waals surface area contributed by atoms with Crippen LogP contribution in [0.4, 0.5) is 10.2 Å². The van der Waals surface area contributed by atoms with E-state index in [-0.39, 0.29) is 6.10 Å². The molecule has 3 nitrogen and oxygen atoms in total. The van der Waals surface area contributed by atoms with E-state index in [0.717, 1.165) is 32.2 Å². The number of nitrogens with zero attached hydrogens (tertiary/aromatic N) is 1. The molecule has 0 spiro atoms. The number of nitrogens with one attached hydrogen (secondary N) is 1. The summed E-state index contributed by atoms with van der Waals surface area (Å²) in [6.45, 7) is 0.809. The molecule has 0 bridgehead atoms. The molecule has 1 aromatic rings. The summed E-state index contributed by atoms with van der Waals surface area (Å²) in [6.07, 6.45) is 3.70. The number of aliphatic hydroxyl groups excluding tert-OH is 1. The third-order valence-electron chi connectivity index (χ3n) is 3.10. The minimum atomic E-state index is -0.455. The highest BCUT2D eigenvalue weighted by Gasteiger charge is 2.18. The van der Waals surface area contributed by atoms with Gasteiger partial charge < -0.3 is 10.4 Å². The Hall–Kier alpha value is -1.16. The summed E-state index contributed by atoms with van der Waals surface area (Å²) >= 11 is 0. The minimum Gasteiger partial charge on any atom is -0.393 e. The van der Waals surface area contributed by atoms with Crippen LogP contribution in [0.3, 0.4) is 0 Å². The Morgan fingerprint density at radius 3 is 2.75 bits per heavy atom. The van der Waals surface area contributed by atoms with Gasteiger partial charge >= 0.3 is 0 Å². The quantitative estimate of drug-likeness (QED) is 0.773. The zero-order valence-corrected chi connectivity index (χ0v) is 9.19. The van der Waals surface area contributed by atoms with Gasteiger partial charge in [-0.1, -0.05) is 6.07 Å². The second-order valence-electron chi connectivity index (χ2n) is 4.40. The van der Waals surface area contributed by atoms with Crippen LogP contribution >= 0.6 is 0 Å². The lowest BCUT2D eigenvalue weighted by atomic mass is 9.87. The number of aliphatic hydroxyl groups is 1. The van der Waals surface area contributed by atoms with Gasteiger partial charge in [-0.05, 0) is 43.7 Å². The summed E-state index contributed by atoms with van der Waals surface area (Å²) in [4.78, 5) is 3.75. The SMILES string of the molecule is OC1CCC(CNc2cccc(F)n2)CC1. The van der Waals surface area contributed by atoms with Gasteiger partial charge in [0.25, 0.3) is 0 Å². The largest absolute Gasteiger partial charge is 0.393 e. The molecule has 0 atom stereocenters. The molecule has 16 heavy (non-hydrogen) atoms. The monoisotopic (exact) mass is 224 g/mol. The van der Waals surface area contributed by atoms with Crippen molar-refractivity contribution in [2.45, 2.75) is 31.8 Å². The maximum atomic E-state index is 12.8. The Morgan fingerprint density at radius 2 is 2.06 bits per heavy atom. The lowest BCUT2D eigenvalue weighted by Crippen LogP contribution is -2.23. The standard InChI is InChI=1S/C12H17FN2O/c13-11-2-1-3-12(15-11)14-8-9-4-6-10(16)7-5-9/h1-3,9-10,16H,4-8H2,(H,14,15). The Morgan fingerprint density at radius 1 is 1.31 bits per heavy atom. The molecule has 2 N–H and O–H groups in total. The van der Waals surface area contributed by atoms with Crippen molar-refractivity contribution in [2.24, 2.45) is 5.92 Å². The van der Waals surface area contributed by atoms with Crippen molar-refractivity contribution in [3.05, 3.63) is 24.1 Å². The first-order chi connectivity index (χ1) is 7.74. The van der Waals surface area contributed by atoms with E-state index in [9.17, 15) is 9.50 Å². The molecule has 0 unspecified atom stereocenters. The molecule has 1 aliphatic carbocycles. The third-order valence-corrected chi connectivity index (χ3v) is 3.10. The number of pyridine rings is 1. The summed E-state index contributed by atoms with van der Waals surface area (Å²) in [6, 6.07) is 4.75. The molecule has 1 aliphatic rings. The average Bonchev–Trinajstić information content (AvgIpc) is 2.28. The summed E-state index contributed by atoms with van der Waals surface area (Å²) in [5.41, 5.74) is 0. The van der Waals surface area contributed by atoms with Crippen molar-refractivity contribution < 1.29 is 9.50 Å². The first-order valence-electron chi connectivity index (χ1n) is 5.78. The maximum absolute atomic E-state index is 12.8. The number of aromatic nitrogens is 1. The minimum absolute atomic E-state index is 0.122. The van der Waals surface area contributed by atoms with E-state index in [1.807, 2.05) is 0 Å². The number of rotatable bonds is 3. The average molecular weight is 224 g/mol. The zero-order chi connectivity index (χ0) is 11.4. The highest BCUT2D eigenvalue weighted by Crippen LogP contribution is 2.24. The van der Waals surface area contributed by atoms with Crippen LogP contribution in [-0.4, -0.2) is 22.7 Å². The van der Waals surface area contributed by atoms with Gasteiger partial charge in [-0.3, -0.25) is 0 Å². The van der Waals surface area contributed by atoms with E-state index >= 15 is 0 Å². The van der Waals surface area contributed by atoms with Crippen LogP contribution in [0.15, 0.2) is 18.2 Å². The Bertz CT molecular complexity index is 338. The number of hydrogen-bond donors (Lipinski definition) is 2. The van der Waals surface area contributed by atoms with Crippen LogP contribution in [0.1, 0.15) is 25.7 Å². The Kier molecular flexibility index (Phi) is 3.72. The lowest BCUT2D eigenvalue weighted by molar-refractivity contribution is 0.111. The van der Waals surface area contributed by atoms with E-state index in [1.54, 1.807) is 12.1 Å². The molecule has 0 aromatic carbocycles. The van der Waals surface area contributed by atoms with E-state index in [2.05, 4.69) is 10.3 Å². The highest BCUT2D eigenvalue weighted by atomic mass is 19.1. The number of hydrogen-bond acceptors (Lipinski definition) is 3. The van der Waals surface area contributed by atoms with Gasteiger partial charge in [0.2, 0.25) is 5.95 Å². The van der Waals surface area contributed by atoms with Crippen LogP contribution < -0.4 is 5.32 Å². The molecule has 88 valence electrons. The summed E-state index contributed by atoms with van der Waals surface area (Å²) < 4.78 is 12.8. The first-order valence-corrected chi connectivity index (χ1v) is 5.78. The van der Waals surface area contributed by atoms with Gasteiger partial charge in [0.05, 0.1) is 6.10 Å². The van der Waals surface area contributed by atoms with Crippen molar-refractivity contribution >= 4 is 5.82 Å². The van der Waals surface area contributed by atoms with Crippen molar-refractivity contribution in [2.75, 3.05) is 11.9 Å². The van der Waals surface area contributed by atoms with Gasteiger partial charge in [-0.2, -0.15) is 4.39 Å². The Balaban J connectivity index is 1.79. The van der Waals surface area contributed by atoms with Crippen LogP contribution in [-0.2, 0) is 0 Å². The van der Waals surface area contributed by atoms with Crippen molar-refractivity contribution in [3.63, 3.8) is 0 Å². The Labute approximate surface area is 94.7 Å². The summed E-state index contributed by atoms with van der Waals surface area (Å²) in [7, 11) is 0. The fourth-order valence-corrected chi connectivity index (χ4v) is 2.10. The van der Waals surface area contributed by atoms with Gasteiger partial charge in [-0.15, -0.1) is 0 Å². The van der Waals surface area contributed by atoms with Crippen LogP contribution in [0.25, 0.3) is 0 Å². The molecule has 1 fully saturated rings. The second-order valence-corrected chi connectivity index (χ2v) is 4.40. The molecular formula is C12H17FN2O. The smallest absolute Gasteiger partial charge is 0.214 e. The second kappa shape index (κ2) is 5.25. The lowest BCUT2D eigenvalue weighted by Gasteiger charge is -2.25. The van der Waals surface area contributed by atoms with Crippen molar-refractivity contribution in [3.8, 4) is 0 Å². The van der Waals surface area contributed by atoms with Crippen LogP contribution in [0.2, 0.25) is 0 Å². The normalized spacial score (nSPS) is 25.4. The van der Waals surface area contributed by atoms with E-state index in [4.69, 9.17) is 0 Å². The van der Waals surface area contributed by atoms with Gasteiger partial charge in [0.1, 0.15) is 5.82 Å². The molecule has 0 saturated heterocycles. The highest BCUT2D eigenvalue weighted by molar-refractivity contribution is 5.33. The molecule has 2 rings (SSSR count). The third kappa shape index (κ3) is 3.17. The van der Waals surface area contributed by atoms with E-state index < -0.39 is 5.95 Å². The van der Waals surface area contributed by atoms with Crippen molar-refractivity contribution in [1.82, 2.24) is 4.98 Å². The van der Waals surface area contributed by atoms with Crippen LogP contribution in [0, 0.1) is 11.9 Å². The van der Waals surface area contributed by atoms with Crippen LogP contribution in [0.5, 0.6) is 0 Å². The molecule has 0 radical (unpaired) electrons. The molecule has 4 heteroatoms. The van der Waals surface area contributed by atoms with Gasteiger partial charge in [-0.25, -0.2) is 4.98 Å². The molecule has 0 amide bonds. The van der Waals surface area contributed by atoms with Gasteiger partial charge in [0.15, 0.2) is 0 Å². The predicted molar refractivity (Wildman–Crippen MR) is 60.6 cm³/mol. The summed E-state index contributed by atoms with van der Waals surface area (Å²) in [5, 5.41) is 12.5. The fourth-order valence-electron chi connectivity index (χ4n) is 2.10. The molecule has 1 aromatic heterocycles. The molecule has 1 saturated carbocycles. The number of anilines is 1. The molecular weight excluding hydrogens is 207 g/mol. The predicted octanol–water partition coefficient (Wildman–Crippen LogP) is 2.18. The maximum Gasteiger partial charge on any atom is 0.214 e. The molecule has 1 heterocycles. The van der Waals surface area contributed by atoms with E-state index in [1.165, 1.54) is 6.07 Å². The summed E-state index contributed by atoms with van der Waals surface area (Å²) in [5.74, 6) is 0.698. The molecule has 0 aliphatic heterocycles. The van der Waals surface area contributed by atoms with Gasteiger partial charge in [0, 0.05) is 6.54 Å². The zero-order valence-electron chi connectivity index (χ0n) is 9.19. The van der Waals surface area contributed by atoms with Crippen molar-refractivity contribution in [1.29, 1.82) is 0 Å². The number of halogens is 1. The topological polar surface area (TPSA) is 45.1 Å².